The summed E-state index contributed by atoms with van der Waals surface area (Å²) in [6.45, 7) is 3.24. The number of nitrogen functional groups attached to an aromatic ring is 1. The van der Waals surface area contributed by atoms with Crippen LogP contribution in [0.2, 0.25) is 0 Å². The van der Waals surface area contributed by atoms with E-state index in [9.17, 15) is 18.3 Å². The second kappa shape index (κ2) is 4.12. The zero-order valence-corrected chi connectivity index (χ0v) is 10.5. The lowest BCUT2D eigenvalue weighted by Crippen LogP contribution is -2.31. The number of aromatic nitrogens is 2. The molecule has 2 rings (SSSR count). The molecule has 2 aromatic rings. The first-order valence-corrected chi connectivity index (χ1v) is 5.63. The van der Waals surface area contributed by atoms with E-state index in [1.54, 1.807) is 13.8 Å². The summed E-state index contributed by atoms with van der Waals surface area (Å²) in [6, 6.07) is 3.25. The Balaban J connectivity index is 2.68. The topological polar surface area (TPSA) is 64.1 Å². The van der Waals surface area contributed by atoms with Gasteiger partial charge in [0.2, 0.25) is 5.95 Å². The summed E-state index contributed by atoms with van der Waals surface area (Å²) in [5.74, 6) is 0.0772. The Morgan fingerprint density at radius 2 is 1.95 bits per heavy atom. The van der Waals surface area contributed by atoms with Crippen LogP contribution in [-0.4, -0.2) is 21.3 Å². The third-order valence-electron chi connectivity index (χ3n) is 3.00. The number of hydrogen-bond acceptors (Lipinski definition) is 3. The Kier molecular flexibility index (Phi) is 2.97. The number of hydrogen-bond donors (Lipinski definition) is 2. The van der Waals surface area contributed by atoms with Gasteiger partial charge in [0.15, 0.2) is 0 Å². The standard InChI is InChI=1S/C12H14F3N3O/c1-11(2,6-19)18-9-4-3-7(12(13,14)15)5-8(9)17-10(18)16/h3-5,19H,6H2,1-2H3,(H2,16,17). The molecule has 0 amide bonds. The van der Waals surface area contributed by atoms with Gasteiger partial charge in [-0.3, -0.25) is 0 Å². The lowest BCUT2D eigenvalue weighted by atomic mass is 10.1. The lowest BCUT2D eigenvalue weighted by molar-refractivity contribution is -0.137. The Morgan fingerprint density at radius 1 is 1.32 bits per heavy atom. The van der Waals surface area contributed by atoms with E-state index >= 15 is 0 Å². The SMILES string of the molecule is CC(C)(CO)n1c(N)nc2cc(C(F)(F)F)ccc21. The Labute approximate surface area is 107 Å². The molecule has 0 radical (unpaired) electrons. The molecule has 1 heterocycles. The van der Waals surface area contributed by atoms with Crippen molar-refractivity contribution in [3.05, 3.63) is 23.8 Å². The van der Waals surface area contributed by atoms with Gasteiger partial charge in [0.1, 0.15) is 0 Å². The summed E-state index contributed by atoms with van der Waals surface area (Å²) in [4.78, 5) is 3.93. The summed E-state index contributed by atoms with van der Waals surface area (Å²) >= 11 is 0. The quantitative estimate of drug-likeness (QED) is 0.883. The molecule has 0 spiro atoms. The monoisotopic (exact) mass is 273 g/mol. The number of alkyl halides is 3. The van der Waals surface area contributed by atoms with Crippen LogP contribution in [0.25, 0.3) is 11.0 Å². The first-order chi connectivity index (χ1) is 8.66. The molecule has 0 bridgehead atoms. The molecule has 19 heavy (non-hydrogen) atoms. The average molecular weight is 273 g/mol. The number of nitrogens with two attached hydrogens (primary N) is 1. The van der Waals surface area contributed by atoms with Gasteiger partial charge < -0.3 is 15.4 Å². The maximum Gasteiger partial charge on any atom is 0.416 e. The molecule has 3 N–H and O–H groups in total. The van der Waals surface area contributed by atoms with Crippen molar-refractivity contribution in [1.29, 1.82) is 0 Å². The van der Waals surface area contributed by atoms with E-state index in [0.717, 1.165) is 12.1 Å². The van der Waals surface area contributed by atoms with Gasteiger partial charge in [-0.2, -0.15) is 13.2 Å². The van der Waals surface area contributed by atoms with Gasteiger partial charge in [-0.25, -0.2) is 4.98 Å². The molecule has 0 atom stereocenters. The highest BCUT2D eigenvalue weighted by atomic mass is 19.4. The van der Waals surface area contributed by atoms with Crippen LogP contribution in [0.4, 0.5) is 19.1 Å². The minimum Gasteiger partial charge on any atom is -0.394 e. The van der Waals surface area contributed by atoms with E-state index in [4.69, 9.17) is 5.73 Å². The minimum absolute atomic E-state index is 0.0772. The normalized spacial score (nSPS) is 13.2. The van der Waals surface area contributed by atoms with Crippen molar-refractivity contribution in [1.82, 2.24) is 9.55 Å². The molecule has 4 nitrogen and oxygen atoms in total. The summed E-state index contributed by atoms with van der Waals surface area (Å²) in [7, 11) is 0. The fourth-order valence-corrected chi connectivity index (χ4v) is 1.98. The van der Waals surface area contributed by atoms with Crippen molar-refractivity contribution in [2.45, 2.75) is 25.6 Å². The minimum atomic E-state index is -4.42. The van der Waals surface area contributed by atoms with E-state index in [0.29, 0.717) is 5.52 Å². The van der Waals surface area contributed by atoms with Crippen molar-refractivity contribution in [3.8, 4) is 0 Å². The van der Waals surface area contributed by atoms with Crippen LogP contribution in [0.5, 0.6) is 0 Å². The van der Waals surface area contributed by atoms with Gasteiger partial charge in [-0.1, -0.05) is 0 Å². The summed E-state index contributed by atoms with van der Waals surface area (Å²) in [5.41, 5.74) is 4.85. The van der Waals surface area contributed by atoms with Crippen LogP contribution >= 0.6 is 0 Å². The predicted molar refractivity (Wildman–Crippen MR) is 65.6 cm³/mol. The van der Waals surface area contributed by atoms with E-state index < -0.39 is 17.3 Å². The fourth-order valence-electron chi connectivity index (χ4n) is 1.98. The number of imidazole rings is 1. The highest BCUT2D eigenvalue weighted by molar-refractivity contribution is 5.79. The molecule has 0 unspecified atom stereocenters. The van der Waals surface area contributed by atoms with E-state index in [2.05, 4.69) is 4.98 Å². The maximum absolute atomic E-state index is 12.6. The molecule has 0 aliphatic carbocycles. The van der Waals surface area contributed by atoms with Gasteiger partial charge in [-0.15, -0.1) is 0 Å². The van der Waals surface area contributed by atoms with Crippen molar-refractivity contribution < 1.29 is 18.3 Å². The summed E-state index contributed by atoms with van der Waals surface area (Å²) < 4.78 is 39.4. The second-order valence-corrected chi connectivity index (χ2v) is 4.98. The molecule has 104 valence electrons. The predicted octanol–water partition coefficient (Wildman–Crippen LogP) is 2.36. The Hall–Kier alpha value is -1.76. The van der Waals surface area contributed by atoms with E-state index in [1.165, 1.54) is 10.6 Å². The first kappa shape index (κ1) is 13.7. The van der Waals surface area contributed by atoms with Gasteiger partial charge >= 0.3 is 6.18 Å². The van der Waals surface area contributed by atoms with Gasteiger partial charge in [0.05, 0.1) is 28.7 Å². The van der Waals surface area contributed by atoms with Crippen LogP contribution in [0, 0.1) is 0 Å². The van der Waals surface area contributed by atoms with Crippen LogP contribution in [0.15, 0.2) is 18.2 Å². The van der Waals surface area contributed by atoms with E-state index in [1.807, 2.05) is 0 Å². The van der Waals surface area contributed by atoms with Crippen molar-refractivity contribution >= 4 is 17.0 Å². The molecule has 0 fully saturated rings. The summed E-state index contributed by atoms with van der Waals surface area (Å²) in [6.07, 6.45) is -4.42. The highest BCUT2D eigenvalue weighted by Gasteiger charge is 2.32. The molecular weight excluding hydrogens is 259 g/mol. The number of rotatable bonds is 2. The number of benzene rings is 1. The first-order valence-electron chi connectivity index (χ1n) is 5.63. The van der Waals surface area contributed by atoms with Gasteiger partial charge in [-0.05, 0) is 32.0 Å². The molecule has 0 aliphatic heterocycles. The van der Waals surface area contributed by atoms with Crippen LogP contribution in [0.1, 0.15) is 19.4 Å². The molecule has 1 aromatic heterocycles. The Morgan fingerprint density at radius 3 is 2.47 bits per heavy atom. The third-order valence-corrected chi connectivity index (χ3v) is 3.00. The lowest BCUT2D eigenvalue weighted by Gasteiger charge is -2.25. The van der Waals surface area contributed by atoms with Crippen molar-refractivity contribution in [2.24, 2.45) is 0 Å². The number of nitrogens with zero attached hydrogens (tertiary/aromatic N) is 2. The van der Waals surface area contributed by atoms with Crippen LogP contribution in [-0.2, 0) is 11.7 Å². The molecule has 0 aliphatic rings. The van der Waals surface area contributed by atoms with Crippen LogP contribution < -0.4 is 5.73 Å². The smallest absolute Gasteiger partial charge is 0.394 e. The number of halogens is 3. The van der Waals surface area contributed by atoms with Crippen molar-refractivity contribution in [3.63, 3.8) is 0 Å². The highest BCUT2D eigenvalue weighted by Crippen LogP contribution is 2.33. The van der Waals surface area contributed by atoms with Crippen LogP contribution in [0.3, 0.4) is 0 Å². The van der Waals surface area contributed by atoms with Crippen molar-refractivity contribution in [2.75, 3.05) is 12.3 Å². The Bertz CT molecular complexity index is 616. The zero-order valence-electron chi connectivity index (χ0n) is 10.5. The van der Waals surface area contributed by atoms with Gasteiger partial charge in [0, 0.05) is 0 Å². The fraction of sp³-hybridized carbons (Fsp3) is 0.417. The summed E-state index contributed by atoms with van der Waals surface area (Å²) in [5, 5.41) is 9.35. The molecule has 1 aromatic carbocycles. The molecule has 0 saturated heterocycles. The number of aliphatic hydroxyl groups excluding tert-OH is 1. The average Bonchev–Trinajstić information content (AvgIpc) is 2.63. The number of fused-ring (bicyclic) bond motifs is 1. The number of aliphatic hydroxyl groups is 1. The largest absolute Gasteiger partial charge is 0.416 e. The third kappa shape index (κ3) is 2.25. The molecule has 0 saturated carbocycles. The van der Waals surface area contributed by atoms with E-state index in [-0.39, 0.29) is 18.1 Å². The van der Waals surface area contributed by atoms with Gasteiger partial charge in [0.25, 0.3) is 0 Å². The zero-order chi connectivity index (χ0) is 14.4. The second-order valence-electron chi connectivity index (χ2n) is 4.98. The molecule has 7 heteroatoms. The molecular formula is C12H14F3N3O. The number of anilines is 1. The maximum atomic E-state index is 12.6.